The molecule has 0 spiro atoms. The van der Waals surface area contributed by atoms with E-state index in [1.165, 1.54) is 18.7 Å². The lowest BCUT2D eigenvalue weighted by atomic mass is 10.1. The topological polar surface area (TPSA) is 69.9 Å². The first-order chi connectivity index (χ1) is 15.5. The molecule has 172 valence electrons. The van der Waals surface area contributed by atoms with E-state index < -0.39 is 0 Å². The summed E-state index contributed by atoms with van der Waals surface area (Å²) in [5.41, 5.74) is 0.363. The van der Waals surface area contributed by atoms with Crippen molar-refractivity contribution in [1.82, 2.24) is 19.7 Å². The number of carbonyl (C=O) groups is 2. The zero-order valence-corrected chi connectivity index (χ0v) is 18.6. The number of hydrogen-bond donors (Lipinski definition) is 0. The maximum atomic E-state index is 13.9. The van der Waals surface area contributed by atoms with E-state index in [1.807, 2.05) is 16.7 Å². The molecule has 0 N–H and O–H groups in total. The quantitative estimate of drug-likeness (QED) is 0.688. The zero-order chi connectivity index (χ0) is 22.5. The van der Waals surface area contributed by atoms with Crippen LogP contribution in [0.25, 0.3) is 11.3 Å². The summed E-state index contributed by atoms with van der Waals surface area (Å²) in [5.74, 6) is 0.684. The van der Waals surface area contributed by atoms with Gasteiger partial charge in [0.1, 0.15) is 5.82 Å². The van der Waals surface area contributed by atoms with Gasteiger partial charge in [-0.05, 0) is 38.3 Å². The molecule has 1 aromatic heterocycles. The Labute approximate surface area is 188 Å². The highest BCUT2D eigenvalue weighted by Crippen LogP contribution is 2.24. The number of hydrogen-bond acceptors (Lipinski definition) is 5. The highest BCUT2D eigenvalue weighted by Gasteiger charge is 2.30. The number of rotatable bonds is 6. The van der Waals surface area contributed by atoms with Crippen molar-refractivity contribution in [2.75, 3.05) is 39.3 Å². The monoisotopic (exact) mass is 442 g/mol. The molecule has 32 heavy (non-hydrogen) atoms. The van der Waals surface area contributed by atoms with Crippen molar-refractivity contribution in [3.8, 4) is 11.3 Å². The van der Waals surface area contributed by atoms with Crippen LogP contribution in [-0.2, 0) is 16.0 Å². The molecule has 8 heteroatoms. The van der Waals surface area contributed by atoms with E-state index in [2.05, 4.69) is 9.88 Å². The van der Waals surface area contributed by atoms with Gasteiger partial charge in [-0.2, -0.15) is 0 Å². The minimum Gasteiger partial charge on any atom is -0.441 e. The van der Waals surface area contributed by atoms with Crippen LogP contribution in [0.15, 0.2) is 34.9 Å². The van der Waals surface area contributed by atoms with E-state index in [1.54, 1.807) is 18.2 Å². The number of benzene rings is 1. The molecule has 1 unspecified atom stereocenters. The van der Waals surface area contributed by atoms with Crippen molar-refractivity contribution in [3.05, 3.63) is 42.2 Å². The summed E-state index contributed by atoms with van der Waals surface area (Å²) < 4.78 is 19.6. The van der Waals surface area contributed by atoms with E-state index in [4.69, 9.17) is 4.42 Å². The Morgan fingerprint density at radius 2 is 1.75 bits per heavy atom. The maximum absolute atomic E-state index is 13.9. The van der Waals surface area contributed by atoms with Crippen molar-refractivity contribution in [3.63, 3.8) is 0 Å². The van der Waals surface area contributed by atoms with Crippen molar-refractivity contribution < 1.29 is 18.4 Å². The van der Waals surface area contributed by atoms with Crippen LogP contribution in [0.3, 0.4) is 0 Å². The first kappa shape index (κ1) is 22.5. The van der Waals surface area contributed by atoms with Crippen molar-refractivity contribution in [1.29, 1.82) is 0 Å². The maximum Gasteiger partial charge on any atom is 0.239 e. The number of amides is 2. The smallest absolute Gasteiger partial charge is 0.239 e. The second-order valence-corrected chi connectivity index (χ2v) is 8.58. The van der Waals surface area contributed by atoms with Gasteiger partial charge in [0.05, 0.1) is 17.8 Å². The van der Waals surface area contributed by atoms with Gasteiger partial charge in [-0.1, -0.05) is 12.1 Å². The molecule has 2 aliphatic heterocycles. The Kier molecular flexibility index (Phi) is 7.19. The fourth-order valence-electron chi connectivity index (χ4n) is 4.48. The van der Waals surface area contributed by atoms with Gasteiger partial charge in [0, 0.05) is 52.1 Å². The Morgan fingerprint density at radius 1 is 1.03 bits per heavy atom. The Hall–Kier alpha value is -2.74. The van der Waals surface area contributed by atoms with Crippen molar-refractivity contribution in [2.24, 2.45) is 0 Å². The van der Waals surface area contributed by atoms with Gasteiger partial charge < -0.3 is 14.2 Å². The molecule has 2 amide bonds. The number of halogens is 1. The number of likely N-dealkylation sites (tertiary alicyclic amines) is 1. The van der Waals surface area contributed by atoms with Gasteiger partial charge in [-0.15, -0.1) is 0 Å². The van der Waals surface area contributed by atoms with Gasteiger partial charge in [0.25, 0.3) is 0 Å². The lowest BCUT2D eigenvalue weighted by Gasteiger charge is -2.39. The highest BCUT2D eigenvalue weighted by molar-refractivity contribution is 5.81. The standard InChI is InChI=1S/C24H31FN4O3/c1-18(24(31)29-11-5-2-6-12-29)27-13-15-28(16-14-27)23(30)10-9-22-26-17-21(32-22)19-7-3-4-8-20(19)25/h3-4,7-8,17-18H,2,5-6,9-16H2,1H3. The number of piperazine rings is 1. The summed E-state index contributed by atoms with van der Waals surface area (Å²) in [4.78, 5) is 35.6. The van der Waals surface area contributed by atoms with E-state index >= 15 is 0 Å². The van der Waals surface area contributed by atoms with Crippen LogP contribution in [0.4, 0.5) is 4.39 Å². The first-order valence-corrected chi connectivity index (χ1v) is 11.5. The summed E-state index contributed by atoms with van der Waals surface area (Å²) in [6.07, 6.45) is 5.55. The number of carbonyl (C=O) groups excluding carboxylic acids is 2. The summed E-state index contributed by atoms with van der Waals surface area (Å²) in [6, 6.07) is 6.24. The third-order valence-electron chi connectivity index (χ3n) is 6.49. The Bertz CT molecular complexity index is 933. The van der Waals surface area contributed by atoms with Crippen LogP contribution < -0.4 is 0 Å². The predicted molar refractivity (Wildman–Crippen MR) is 118 cm³/mol. The number of piperidine rings is 1. The van der Waals surface area contributed by atoms with Crippen LogP contribution >= 0.6 is 0 Å². The highest BCUT2D eigenvalue weighted by atomic mass is 19.1. The average Bonchev–Trinajstić information content (AvgIpc) is 3.31. The largest absolute Gasteiger partial charge is 0.441 e. The van der Waals surface area contributed by atoms with Gasteiger partial charge in [-0.25, -0.2) is 9.37 Å². The number of nitrogens with zero attached hydrogens (tertiary/aromatic N) is 4. The minimum absolute atomic E-state index is 0.0466. The lowest BCUT2D eigenvalue weighted by Crippen LogP contribution is -2.56. The lowest BCUT2D eigenvalue weighted by molar-refractivity contribution is -0.139. The first-order valence-electron chi connectivity index (χ1n) is 11.5. The summed E-state index contributed by atoms with van der Waals surface area (Å²) in [7, 11) is 0. The molecule has 3 heterocycles. The van der Waals surface area contributed by atoms with Gasteiger partial charge in [0.15, 0.2) is 11.7 Å². The molecular formula is C24H31FN4O3. The molecule has 0 saturated carbocycles. The number of oxazole rings is 1. The zero-order valence-electron chi connectivity index (χ0n) is 18.6. The molecule has 2 aromatic rings. The van der Waals surface area contributed by atoms with Crippen molar-refractivity contribution in [2.45, 2.75) is 45.1 Å². The second-order valence-electron chi connectivity index (χ2n) is 8.58. The van der Waals surface area contributed by atoms with Crippen LogP contribution in [0.2, 0.25) is 0 Å². The molecule has 1 aromatic carbocycles. The summed E-state index contributed by atoms with van der Waals surface area (Å²) in [5, 5.41) is 0. The van der Waals surface area contributed by atoms with Gasteiger partial charge >= 0.3 is 0 Å². The molecule has 7 nitrogen and oxygen atoms in total. The van der Waals surface area contributed by atoms with E-state index in [9.17, 15) is 14.0 Å². The predicted octanol–water partition coefficient (Wildman–Crippen LogP) is 2.96. The minimum atomic E-state index is -0.364. The molecule has 2 fully saturated rings. The number of aromatic nitrogens is 1. The summed E-state index contributed by atoms with van der Waals surface area (Å²) >= 11 is 0. The van der Waals surface area contributed by atoms with E-state index in [0.29, 0.717) is 56.2 Å². The molecule has 0 aliphatic carbocycles. The third-order valence-corrected chi connectivity index (χ3v) is 6.49. The summed E-state index contributed by atoms with van der Waals surface area (Å²) in [6.45, 7) is 6.32. The molecule has 1 atom stereocenters. The third kappa shape index (κ3) is 5.18. The Morgan fingerprint density at radius 3 is 2.47 bits per heavy atom. The molecule has 2 aliphatic rings. The fraction of sp³-hybridized carbons (Fsp3) is 0.542. The van der Waals surface area contributed by atoms with Crippen molar-refractivity contribution >= 4 is 11.8 Å². The molecular weight excluding hydrogens is 411 g/mol. The van der Waals surface area contributed by atoms with E-state index in [0.717, 1.165) is 25.9 Å². The molecule has 0 bridgehead atoms. The number of aryl methyl sites for hydroxylation is 1. The van der Waals surface area contributed by atoms with Gasteiger partial charge in [0.2, 0.25) is 11.8 Å². The van der Waals surface area contributed by atoms with Gasteiger partial charge in [-0.3, -0.25) is 14.5 Å². The molecule has 0 radical (unpaired) electrons. The molecule has 2 saturated heterocycles. The molecule has 4 rings (SSSR count). The van der Waals surface area contributed by atoms with Crippen LogP contribution in [0.1, 0.15) is 38.5 Å². The van der Waals surface area contributed by atoms with E-state index in [-0.39, 0.29) is 23.7 Å². The normalized spacial score (nSPS) is 18.6. The fourth-order valence-corrected chi connectivity index (χ4v) is 4.48. The second kappa shape index (κ2) is 10.3. The Balaban J connectivity index is 1.24. The SMILES string of the molecule is CC(C(=O)N1CCCCC1)N1CCN(C(=O)CCc2ncc(-c3ccccc3F)o2)CC1. The van der Waals surface area contributed by atoms with Crippen LogP contribution in [0, 0.1) is 5.82 Å². The van der Waals surface area contributed by atoms with Crippen LogP contribution in [0.5, 0.6) is 0 Å². The van der Waals surface area contributed by atoms with Crippen LogP contribution in [-0.4, -0.2) is 76.8 Å². The average molecular weight is 443 g/mol.